The summed E-state index contributed by atoms with van der Waals surface area (Å²) < 4.78 is 5.76. The van der Waals surface area contributed by atoms with E-state index in [1.165, 1.54) is 0 Å². The van der Waals surface area contributed by atoms with Gasteiger partial charge in [-0.2, -0.15) is 0 Å². The van der Waals surface area contributed by atoms with Crippen LogP contribution in [0.2, 0.25) is 5.02 Å². The third-order valence-corrected chi connectivity index (χ3v) is 2.99. The number of nitrogens with zero attached hydrogens (tertiary/aromatic N) is 1. The number of rotatable bonds is 5. The van der Waals surface area contributed by atoms with Gasteiger partial charge in [0.05, 0.1) is 0 Å². The zero-order valence-electron chi connectivity index (χ0n) is 12.0. The Kier molecular flexibility index (Phi) is 4.99. The van der Waals surface area contributed by atoms with Gasteiger partial charge in [-0.25, -0.2) is 4.98 Å². The molecule has 0 aliphatic heterocycles. The molecule has 0 aliphatic rings. The molecule has 1 heterocycles. The van der Waals surface area contributed by atoms with Crippen LogP contribution in [0.1, 0.15) is 25.1 Å². The standard InChI is InChI=1S/C16H19ClN2O/c1-11(2)18-10-13-8-12(3)19-16(9-13)20-15-6-4-14(17)5-7-15/h4-9,11,18H,10H2,1-3H3. The largest absolute Gasteiger partial charge is 0.439 e. The molecule has 1 aromatic heterocycles. The maximum Gasteiger partial charge on any atom is 0.219 e. The summed E-state index contributed by atoms with van der Waals surface area (Å²) in [5.74, 6) is 1.34. The van der Waals surface area contributed by atoms with E-state index in [4.69, 9.17) is 16.3 Å². The van der Waals surface area contributed by atoms with Crippen LogP contribution in [-0.2, 0) is 6.54 Å². The summed E-state index contributed by atoms with van der Waals surface area (Å²) in [6.07, 6.45) is 0. The van der Waals surface area contributed by atoms with Gasteiger partial charge in [0.2, 0.25) is 5.88 Å². The van der Waals surface area contributed by atoms with Gasteiger partial charge in [0, 0.05) is 29.4 Å². The third-order valence-electron chi connectivity index (χ3n) is 2.74. The summed E-state index contributed by atoms with van der Waals surface area (Å²) in [4.78, 5) is 4.40. The van der Waals surface area contributed by atoms with Crippen molar-refractivity contribution in [3.8, 4) is 11.6 Å². The Morgan fingerprint density at radius 3 is 2.55 bits per heavy atom. The molecule has 4 heteroatoms. The summed E-state index contributed by atoms with van der Waals surface area (Å²) in [5.41, 5.74) is 2.10. The van der Waals surface area contributed by atoms with E-state index in [0.717, 1.165) is 23.6 Å². The molecule has 1 N–H and O–H groups in total. The van der Waals surface area contributed by atoms with E-state index in [1.54, 1.807) is 12.1 Å². The predicted octanol–water partition coefficient (Wildman–Crippen LogP) is 4.33. The van der Waals surface area contributed by atoms with Crippen molar-refractivity contribution in [3.05, 3.63) is 52.7 Å². The third kappa shape index (κ3) is 4.51. The van der Waals surface area contributed by atoms with E-state index < -0.39 is 0 Å². The molecular weight excluding hydrogens is 272 g/mol. The van der Waals surface area contributed by atoms with Gasteiger partial charge < -0.3 is 10.1 Å². The van der Waals surface area contributed by atoms with E-state index in [-0.39, 0.29) is 0 Å². The first kappa shape index (κ1) is 14.8. The first-order chi connectivity index (χ1) is 9.52. The average Bonchev–Trinajstić information content (AvgIpc) is 2.38. The van der Waals surface area contributed by atoms with E-state index >= 15 is 0 Å². The highest BCUT2D eigenvalue weighted by molar-refractivity contribution is 6.30. The lowest BCUT2D eigenvalue weighted by molar-refractivity contribution is 0.460. The van der Waals surface area contributed by atoms with Gasteiger partial charge in [0.25, 0.3) is 0 Å². The number of hydrogen-bond donors (Lipinski definition) is 1. The molecular formula is C16H19ClN2O. The number of halogens is 1. The SMILES string of the molecule is Cc1cc(CNC(C)C)cc(Oc2ccc(Cl)cc2)n1. The Bertz CT molecular complexity index is 567. The lowest BCUT2D eigenvalue weighted by Gasteiger charge is -2.11. The number of hydrogen-bond acceptors (Lipinski definition) is 3. The van der Waals surface area contributed by atoms with Crippen molar-refractivity contribution in [3.63, 3.8) is 0 Å². The Morgan fingerprint density at radius 1 is 1.20 bits per heavy atom. The summed E-state index contributed by atoms with van der Waals surface area (Å²) in [6.45, 7) is 7.02. The molecule has 2 rings (SSSR count). The van der Waals surface area contributed by atoms with Gasteiger partial charge in [-0.3, -0.25) is 0 Å². The van der Waals surface area contributed by atoms with Crippen molar-refractivity contribution >= 4 is 11.6 Å². The summed E-state index contributed by atoms with van der Waals surface area (Å²) in [6, 6.07) is 11.7. The van der Waals surface area contributed by atoms with Crippen molar-refractivity contribution < 1.29 is 4.74 Å². The van der Waals surface area contributed by atoms with Crippen LogP contribution in [0.15, 0.2) is 36.4 Å². The van der Waals surface area contributed by atoms with Crippen molar-refractivity contribution in [2.45, 2.75) is 33.4 Å². The molecule has 1 aromatic carbocycles. The number of aryl methyl sites for hydroxylation is 1. The second-order valence-corrected chi connectivity index (χ2v) is 5.48. The molecule has 20 heavy (non-hydrogen) atoms. The molecule has 0 fully saturated rings. The van der Waals surface area contributed by atoms with E-state index in [9.17, 15) is 0 Å². The molecule has 0 saturated heterocycles. The average molecular weight is 291 g/mol. The smallest absolute Gasteiger partial charge is 0.219 e. The highest BCUT2D eigenvalue weighted by atomic mass is 35.5. The minimum absolute atomic E-state index is 0.448. The quantitative estimate of drug-likeness (QED) is 0.890. The topological polar surface area (TPSA) is 34.1 Å². The van der Waals surface area contributed by atoms with Crippen LogP contribution in [0, 0.1) is 6.92 Å². The monoisotopic (exact) mass is 290 g/mol. The van der Waals surface area contributed by atoms with Crippen LogP contribution in [-0.4, -0.2) is 11.0 Å². The summed E-state index contributed by atoms with van der Waals surface area (Å²) in [7, 11) is 0. The summed E-state index contributed by atoms with van der Waals surface area (Å²) >= 11 is 5.86. The van der Waals surface area contributed by atoms with Gasteiger partial charge >= 0.3 is 0 Å². The Hall–Kier alpha value is -1.58. The first-order valence-corrected chi connectivity index (χ1v) is 7.05. The van der Waals surface area contributed by atoms with E-state index in [2.05, 4.69) is 30.2 Å². The molecule has 0 spiro atoms. The Balaban J connectivity index is 2.13. The zero-order chi connectivity index (χ0) is 14.5. The second kappa shape index (κ2) is 6.73. The van der Waals surface area contributed by atoms with Crippen molar-refractivity contribution in [2.24, 2.45) is 0 Å². The molecule has 0 bridgehead atoms. The van der Waals surface area contributed by atoms with E-state index in [0.29, 0.717) is 16.9 Å². The fraction of sp³-hybridized carbons (Fsp3) is 0.312. The molecule has 0 atom stereocenters. The van der Waals surface area contributed by atoms with Crippen LogP contribution >= 0.6 is 11.6 Å². The molecule has 0 amide bonds. The number of aromatic nitrogens is 1. The maximum absolute atomic E-state index is 5.86. The van der Waals surface area contributed by atoms with Gasteiger partial charge in [-0.1, -0.05) is 25.4 Å². The van der Waals surface area contributed by atoms with Crippen molar-refractivity contribution in [1.29, 1.82) is 0 Å². The molecule has 3 nitrogen and oxygen atoms in total. The molecule has 106 valence electrons. The van der Waals surface area contributed by atoms with Crippen LogP contribution in [0.3, 0.4) is 0 Å². The second-order valence-electron chi connectivity index (χ2n) is 5.05. The fourth-order valence-corrected chi connectivity index (χ4v) is 1.93. The number of ether oxygens (including phenoxy) is 1. The Labute approximate surface area is 124 Å². The van der Waals surface area contributed by atoms with Crippen molar-refractivity contribution in [2.75, 3.05) is 0 Å². The van der Waals surface area contributed by atoms with Crippen LogP contribution < -0.4 is 10.1 Å². The molecule has 0 saturated carbocycles. The number of benzene rings is 1. The minimum Gasteiger partial charge on any atom is -0.439 e. The zero-order valence-corrected chi connectivity index (χ0v) is 12.7. The summed E-state index contributed by atoms with van der Waals surface area (Å²) in [5, 5.41) is 4.08. The molecule has 0 radical (unpaired) electrons. The number of nitrogens with one attached hydrogen (secondary N) is 1. The highest BCUT2D eigenvalue weighted by Crippen LogP contribution is 2.22. The first-order valence-electron chi connectivity index (χ1n) is 6.67. The normalized spacial score (nSPS) is 10.8. The van der Waals surface area contributed by atoms with Gasteiger partial charge in [-0.05, 0) is 42.8 Å². The lowest BCUT2D eigenvalue weighted by atomic mass is 10.2. The minimum atomic E-state index is 0.448. The molecule has 0 aliphatic carbocycles. The number of pyridine rings is 1. The van der Waals surface area contributed by atoms with Gasteiger partial charge in [0.1, 0.15) is 5.75 Å². The molecule has 0 unspecified atom stereocenters. The van der Waals surface area contributed by atoms with Crippen LogP contribution in [0.4, 0.5) is 0 Å². The molecule has 2 aromatic rings. The highest BCUT2D eigenvalue weighted by Gasteiger charge is 2.04. The van der Waals surface area contributed by atoms with Gasteiger partial charge in [0.15, 0.2) is 0 Å². The van der Waals surface area contributed by atoms with E-state index in [1.807, 2.05) is 25.1 Å². The van der Waals surface area contributed by atoms with Crippen LogP contribution in [0.5, 0.6) is 11.6 Å². The maximum atomic E-state index is 5.86. The fourth-order valence-electron chi connectivity index (χ4n) is 1.81. The lowest BCUT2D eigenvalue weighted by Crippen LogP contribution is -2.21. The van der Waals surface area contributed by atoms with Crippen LogP contribution in [0.25, 0.3) is 0 Å². The Morgan fingerprint density at radius 2 is 1.90 bits per heavy atom. The van der Waals surface area contributed by atoms with Gasteiger partial charge in [-0.15, -0.1) is 0 Å². The van der Waals surface area contributed by atoms with Crippen molar-refractivity contribution in [1.82, 2.24) is 10.3 Å². The predicted molar refractivity (Wildman–Crippen MR) is 82.5 cm³/mol.